The molecule has 5 nitrogen and oxygen atoms in total. The zero-order chi connectivity index (χ0) is 17.0. The van der Waals surface area contributed by atoms with Gasteiger partial charge < -0.3 is 14.2 Å². The molecule has 0 spiro atoms. The molecule has 1 aromatic rings. The van der Waals surface area contributed by atoms with Gasteiger partial charge in [0.15, 0.2) is 0 Å². The third kappa shape index (κ3) is 4.34. The van der Waals surface area contributed by atoms with Gasteiger partial charge in [-0.15, -0.1) is 0 Å². The van der Waals surface area contributed by atoms with E-state index in [9.17, 15) is 9.59 Å². The highest BCUT2D eigenvalue weighted by molar-refractivity contribution is 6.17. The predicted octanol–water partition coefficient (Wildman–Crippen LogP) is 2.98. The summed E-state index contributed by atoms with van der Waals surface area (Å²) < 4.78 is 15.7. The minimum Gasteiger partial charge on any atom is -0.497 e. The van der Waals surface area contributed by atoms with Crippen LogP contribution in [-0.4, -0.2) is 31.8 Å². The van der Waals surface area contributed by atoms with Crippen molar-refractivity contribution in [2.24, 2.45) is 5.41 Å². The van der Waals surface area contributed by atoms with Crippen molar-refractivity contribution >= 4 is 17.5 Å². The average Bonchev–Trinajstić information content (AvgIpc) is 2.52. The van der Waals surface area contributed by atoms with Crippen molar-refractivity contribution < 1.29 is 23.8 Å². The molecule has 1 aliphatic rings. The Hall–Kier alpha value is -2.30. The highest BCUT2D eigenvalue weighted by atomic mass is 16.6. The summed E-state index contributed by atoms with van der Waals surface area (Å²) in [7, 11) is 1.59. The molecule has 0 amide bonds. The molecule has 0 fully saturated rings. The van der Waals surface area contributed by atoms with Crippen LogP contribution in [0.1, 0.15) is 32.8 Å². The highest BCUT2D eigenvalue weighted by Gasteiger charge is 2.28. The Bertz CT molecular complexity index is 607. The first kappa shape index (κ1) is 17.1. The van der Waals surface area contributed by atoms with Crippen molar-refractivity contribution in [3.05, 3.63) is 35.9 Å². The topological polar surface area (TPSA) is 61.8 Å². The van der Waals surface area contributed by atoms with Gasteiger partial charge in [-0.25, -0.2) is 4.79 Å². The normalized spacial score (nSPS) is 18.0. The number of carbonyl (C=O) groups is 2. The number of methoxy groups -OCH3 is 1. The first-order valence-corrected chi connectivity index (χ1v) is 7.54. The lowest BCUT2D eigenvalue weighted by atomic mass is 9.97. The number of hydrogen-bond acceptors (Lipinski definition) is 5. The van der Waals surface area contributed by atoms with Crippen molar-refractivity contribution in [2.75, 3.05) is 13.7 Å². The van der Waals surface area contributed by atoms with E-state index in [0.717, 1.165) is 11.3 Å². The molecule has 1 aromatic carbocycles. The second kappa shape index (κ2) is 6.86. The third-order valence-corrected chi connectivity index (χ3v) is 3.49. The summed E-state index contributed by atoms with van der Waals surface area (Å²) >= 11 is 0. The van der Waals surface area contributed by atoms with E-state index in [0.29, 0.717) is 12.0 Å². The van der Waals surface area contributed by atoms with E-state index in [1.165, 1.54) is 0 Å². The number of ether oxygens (including phenoxy) is 3. The molecule has 2 rings (SSSR count). The Kier molecular flexibility index (Phi) is 5.08. The van der Waals surface area contributed by atoms with Crippen molar-refractivity contribution in [1.29, 1.82) is 0 Å². The molecule has 1 aliphatic heterocycles. The van der Waals surface area contributed by atoms with Gasteiger partial charge in [0, 0.05) is 6.42 Å². The molecular formula is C18H22O5. The van der Waals surface area contributed by atoms with Gasteiger partial charge in [0.2, 0.25) is 0 Å². The second-order valence-corrected chi connectivity index (χ2v) is 6.46. The second-order valence-electron chi connectivity index (χ2n) is 6.46. The molecule has 0 bridgehead atoms. The maximum absolute atomic E-state index is 12.1. The lowest BCUT2D eigenvalue weighted by molar-refractivity contribution is -0.161. The summed E-state index contributed by atoms with van der Waals surface area (Å²) in [6, 6.07) is 7.21. The summed E-state index contributed by atoms with van der Waals surface area (Å²) in [5.74, 6) is 0.0159. The number of carbonyl (C=O) groups excluding carboxylic acids is 2. The van der Waals surface area contributed by atoms with E-state index in [4.69, 9.17) is 14.2 Å². The Morgan fingerprint density at radius 1 is 1.26 bits per heavy atom. The van der Waals surface area contributed by atoms with Gasteiger partial charge >= 0.3 is 11.9 Å². The molecule has 5 heteroatoms. The zero-order valence-electron chi connectivity index (χ0n) is 13.9. The monoisotopic (exact) mass is 318 g/mol. The number of cyclic esters (lactones) is 1. The molecule has 0 aromatic heterocycles. The number of esters is 2. The van der Waals surface area contributed by atoms with E-state index in [-0.39, 0.29) is 12.6 Å². The lowest BCUT2D eigenvalue weighted by Crippen LogP contribution is -2.31. The van der Waals surface area contributed by atoms with E-state index < -0.39 is 17.5 Å². The van der Waals surface area contributed by atoms with Crippen LogP contribution in [0.3, 0.4) is 0 Å². The SMILES string of the molecule is COc1ccc(C2=CCC(COC(=O)C(C)(C)C)OC2=O)cc1. The molecule has 0 radical (unpaired) electrons. The molecule has 1 heterocycles. The first-order valence-electron chi connectivity index (χ1n) is 7.54. The fraction of sp³-hybridized carbons (Fsp3) is 0.444. The summed E-state index contributed by atoms with van der Waals surface area (Å²) in [6.07, 6.45) is 1.91. The Labute approximate surface area is 136 Å². The molecule has 23 heavy (non-hydrogen) atoms. The minimum absolute atomic E-state index is 0.0776. The number of benzene rings is 1. The van der Waals surface area contributed by atoms with Gasteiger partial charge in [-0.05, 0) is 38.5 Å². The van der Waals surface area contributed by atoms with Gasteiger partial charge in [-0.2, -0.15) is 0 Å². The molecule has 1 atom stereocenters. The van der Waals surface area contributed by atoms with Crippen LogP contribution in [0.4, 0.5) is 0 Å². The van der Waals surface area contributed by atoms with Crippen LogP contribution in [-0.2, 0) is 19.1 Å². The van der Waals surface area contributed by atoms with E-state index in [1.54, 1.807) is 40.0 Å². The maximum Gasteiger partial charge on any atom is 0.338 e. The number of hydrogen-bond donors (Lipinski definition) is 0. The fourth-order valence-electron chi connectivity index (χ4n) is 2.09. The molecular weight excluding hydrogens is 296 g/mol. The van der Waals surface area contributed by atoms with Gasteiger partial charge in [0.05, 0.1) is 18.1 Å². The molecule has 0 saturated carbocycles. The van der Waals surface area contributed by atoms with Gasteiger partial charge in [-0.3, -0.25) is 4.79 Å². The van der Waals surface area contributed by atoms with Crippen molar-refractivity contribution in [3.63, 3.8) is 0 Å². The van der Waals surface area contributed by atoms with E-state index >= 15 is 0 Å². The summed E-state index contributed by atoms with van der Waals surface area (Å²) in [5, 5.41) is 0. The summed E-state index contributed by atoms with van der Waals surface area (Å²) in [5.41, 5.74) is 0.731. The maximum atomic E-state index is 12.1. The highest BCUT2D eigenvalue weighted by Crippen LogP contribution is 2.25. The van der Waals surface area contributed by atoms with Crippen LogP contribution in [0, 0.1) is 5.41 Å². The Morgan fingerprint density at radius 3 is 2.43 bits per heavy atom. The van der Waals surface area contributed by atoms with Gasteiger partial charge in [-0.1, -0.05) is 18.2 Å². The first-order chi connectivity index (χ1) is 10.8. The Morgan fingerprint density at radius 2 is 1.91 bits per heavy atom. The van der Waals surface area contributed by atoms with Crippen molar-refractivity contribution in [3.8, 4) is 5.75 Å². The average molecular weight is 318 g/mol. The quantitative estimate of drug-likeness (QED) is 0.799. The summed E-state index contributed by atoms with van der Waals surface area (Å²) in [4.78, 5) is 23.9. The van der Waals surface area contributed by atoms with Crippen LogP contribution in [0.25, 0.3) is 5.57 Å². The summed E-state index contributed by atoms with van der Waals surface area (Å²) in [6.45, 7) is 5.42. The third-order valence-electron chi connectivity index (χ3n) is 3.49. The van der Waals surface area contributed by atoms with E-state index in [1.807, 2.05) is 18.2 Å². The molecule has 0 saturated heterocycles. The largest absolute Gasteiger partial charge is 0.497 e. The molecule has 124 valence electrons. The molecule has 1 unspecified atom stereocenters. The zero-order valence-corrected chi connectivity index (χ0v) is 13.9. The van der Waals surface area contributed by atoms with Gasteiger partial charge in [0.1, 0.15) is 18.5 Å². The van der Waals surface area contributed by atoms with Crippen LogP contribution < -0.4 is 4.74 Å². The lowest BCUT2D eigenvalue weighted by Gasteiger charge is -2.24. The molecule has 0 aliphatic carbocycles. The van der Waals surface area contributed by atoms with Crippen molar-refractivity contribution in [2.45, 2.75) is 33.3 Å². The smallest absolute Gasteiger partial charge is 0.338 e. The standard InChI is InChI=1S/C18H22O5/c1-18(2,3)17(20)22-11-14-9-10-15(16(19)23-14)12-5-7-13(21-4)8-6-12/h5-8,10,14H,9,11H2,1-4H3. The Balaban J connectivity index is 1.98. The number of rotatable bonds is 4. The molecule has 0 N–H and O–H groups in total. The van der Waals surface area contributed by atoms with Crippen LogP contribution >= 0.6 is 0 Å². The predicted molar refractivity (Wildman–Crippen MR) is 85.9 cm³/mol. The van der Waals surface area contributed by atoms with Gasteiger partial charge in [0.25, 0.3) is 0 Å². The van der Waals surface area contributed by atoms with Crippen LogP contribution in [0.2, 0.25) is 0 Å². The van der Waals surface area contributed by atoms with Crippen LogP contribution in [0.5, 0.6) is 5.75 Å². The van der Waals surface area contributed by atoms with Crippen LogP contribution in [0.15, 0.2) is 30.3 Å². The van der Waals surface area contributed by atoms with E-state index in [2.05, 4.69) is 0 Å². The fourth-order valence-corrected chi connectivity index (χ4v) is 2.09. The van der Waals surface area contributed by atoms with Crippen molar-refractivity contribution in [1.82, 2.24) is 0 Å². The minimum atomic E-state index is -0.567.